The Hall–Kier alpha value is -1.05. The number of aliphatic imine (C=N–C) groups is 1. The Bertz CT molecular complexity index is 454. The maximum atomic E-state index is 5.13. The van der Waals surface area contributed by atoms with Crippen molar-refractivity contribution in [2.45, 2.75) is 46.1 Å². The minimum Gasteiger partial charge on any atom is -0.481 e. The van der Waals surface area contributed by atoms with Crippen LogP contribution in [0.1, 0.15) is 45.2 Å². The average Bonchev–Trinajstić information content (AvgIpc) is 2.57. The Morgan fingerprint density at radius 3 is 2.70 bits per heavy atom. The van der Waals surface area contributed by atoms with Gasteiger partial charge in [-0.2, -0.15) is 0 Å². The van der Waals surface area contributed by atoms with Crippen molar-refractivity contribution in [1.82, 2.24) is 15.6 Å². The van der Waals surface area contributed by atoms with E-state index in [1.807, 2.05) is 18.2 Å². The number of methoxy groups -OCH3 is 1. The second-order valence-corrected chi connectivity index (χ2v) is 5.39. The minimum absolute atomic E-state index is 0. The van der Waals surface area contributed by atoms with Crippen molar-refractivity contribution >= 4 is 29.9 Å². The van der Waals surface area contributed by atoms with E-state index in [1.165, 1.54) is 25.7 Å². The normalized spacial score (nSPS) is 12.3. The van der Waals surface area contributed by atoms with Crippen LogP contribution in [0.25, 0.3) is 0 Å². The van der Waals surface area contributed by atoms with Crippen LogP contribution in [0.5, 0.6) is 5.88 Å². The SMILES string of the molecule is CCCCC(CC)CNC(=NC)NCc1cccc(OC)n1.I. The van der Waals surface area contributed by atoms with Gasteiger partial charge in [-0.25, -0.2) is 4.98 Å². The topological polar surface area (TPSA) is 58.5 Å². The van der Waals surface area contributed by atoms with Crippen molar-refractivity contribution in [3.63, 3.8) is 0 Å². The Labute approximate surface area is 157 Å². The van der Waals surface area contributed by atoms with E-state index in [1.54, 1.807) is 14.2 Å². The van der Waals surface area contributed by atoms with E-state index in [2.05, 4.69) is 34.5 Å². The summed E-state index contributed by atoms with van der Waals surface area (Å²) in [5.74, 6) is 2.15. The van der Waals surface area contributed by atoms with Gasteiger partial charge in [0.25, 0.3) is 0 Å². The fourth-order valence-electron chi connectivity index (χ4n) is 2.25. The average molecular weight is 434 g/mol. The molecule has 0 radical (unpaired) electrons. The fourth-order valence-corrected chi connectivity index (χ4v) is 2.25. The standard InChI is InChI=1S/C17H30N4O.HI/c1-5-7-9-14(6-2)12-19-17(18-3)20-13-15-10-8-11-16(21-15)22-4;/h8,10-11,14H,5-7,9,12-13H2,1-4H3,(H2,18,19,20);1H. The van der Waals surface area contributed by atoms with E-state index < -0.39 is 0 Å². The Kier molecular flexibility index (Phi) is 12.8. The number of hydrogen-bond acceptors (Lipinski definition) is 3. The first-order valence-electron chi connectivity index (χ1n) is 8.17. The molecule has 0 bridgehead atoms. The summed E-state index contributed by atoms with van der Waals surface area (Å²) in [5, 5.41) is 6.70. The van der Waals surface area contributed by atoms with E-state index in [9.17, 15) is 0 Å². The number of guanidine groups is 1. The fraction of sp³-hybridized carbons (Fsp3) is 0.647. The van der Waals surface area contributed by atoms with Gasteiger partial charge in [0.15, 0.2) is 5.96 Å². The minimum atomic E-state index is 0. The first kappa shape index (κ1) is 21.9. The third-order valence-corrected chi connectivity index (χ3v) is 3.75. The highest BCUT2D eigenvalue weighted by Crippen LogP contribution is 2.11. The van der Waals surface area contributed by atoms with Crippen LogP contribution in [0.15, 0.2) is 23.2 Å². The smallest absolute Gasteiger partial charge is 0.213 e. The predicted molar refractivity (Wildman–Crippen MR) is 108 cm³/mol. The molecule has 1 rings (SSSR count). The molecule has 0 saturated heterocycles. The highest BCUT2D eigenvalue weighted by Gasteiger charge is 2.07. The molecule has 0 aliphatic carbocycles. The maximum absolute atomic E-state index is 5.13. The summed E-state index contributed by atoms with van der Waals surface area (Å²) < 4.78 is 5.13. The lowest BCUT2D eigenvalue weighted by molar-refractivity contribution is 0.396. The zero-order chi connectivity index (χ0) is 16.2. The van der Waals surface area contributed by atoms with Crippen LogP contribution in [0.3, 0.4) is 0 Å². The molecule has 0 spiro atoms. The number of aromatic nitrogens is 1. The van der Waals surface area contributed by atoms with Gasteiger partial charge in [-0.15, -0.1) is 24.0 Å². The van der Waals surface area contributed by atoms with Crippen LogP contribution >= 0.6 is 24.0 Å². The van der Waals surface area contributed by atoms with Gasteiger partial charge >= 0.3 is 0 Å². The zero-order valence-corrected chi connectivity index (χ0v) is 17.1. The molecular weight excluding hydrogens is 403 g/mol. The molecule has 1 aromatic rings. The molecule has 2 N–H and O–H groups in total. The van der Waals surface area contributed by atoms with E-state index in [0.29, 0.717) is 18.3 Å². The molecule has 6 heteroatoms. The van der Waals surface area contributed by atoms with Gasteiger partial charge in [0.2, 0.25) is 5.88 Å². The number of hydrogen-bond donors (Lipinski definition) is 2. The van der Waals surface area contributed by atoms with Crippen LogP contribution in [-0.4, -0.2) is 31.6 Å². The first-order chi connectivity index (χ1) is 10.7. The summed E-state index contributed by atoms with van der Waals surface area (Å²) in [7, 11) is 3.42. The third-order valence-electron chi connectivity index (χ3n) is 3.75. The van der Waals surface area contributed by atoms with Crippen molar-refractivity contribution in [3.05, 3.63) is 23.9 Å². The van der Waals surface area contributed by atoms with Gasteiger partial charge in [0.1, 0.15) is 0 Å². The Morgan fingerprint density at radius 1 is 1.30 bits per heavy atom. The maximum Gasteiger partial charge on any atom is 0.213 e. The largest absolute Gasteiger partial charge is 0.481 e. The summed E-state index contributed by atoms with van der Waals surface area (Å²) in [6, 6.07) is 5.76. The number of halogens is 1. The lowest BCUT2D eigenvalue weighted by Gasteiger charge is -2.18. The molecule has 1 heterocycles. The van der Waals surface area contributed by atoms with Crippen LogP contribution in [-0.2, 0) is 6.54 Å². The molecule has 0 aromatic carbocycles. The van der Waals surface area contributed by atoms with E-state index in [0.717, 1.165) is 18.2 Å². The third kappa shape index (κ3) is 8.98. The van der Waals surface area contributed by atoms with Gasteiger partial charge in [0.05, 0.1) is 19.3 Å². The zero-order valence-electron chi connectivity index (χ0n) is 14.8. The second-order valence-electron chi connectivity index (χ2n) is 5.39. The molecule has 5 nitrogen and oxygen atoms in total. The number of nitrogens with one attached hydrogen (secondary N) is 2. The molecule has 1 aromatic heterocycles. The monoisotopic (exact) mass is 434 g/mol. The lowest BCUT2D eigenvalue weighted by atomic mass is 9.99. The highest BCUT2D eigenvalue weighted by molar-refractivity contribution is 14.0. The van der Waals surface area contributed by atoms with Gasteiger partial charge in [-0.1, -0.05) is 39.2 Å². The summed E-state index contributed by atoms with van der Waals surface area (Å²) in [4.78, 5) is 8.65. The van der Waals surface area contributed by atoms with Crippen molar-refractivity contribution in [2.75, 3.05) is 20.7 Å². The van der Waals surface area contributed by atoms with Crippen LogP contribution in [0, 0.1) is 5.92 Å². The van der Waals surface area contributed by atoms with Gasteiger partial charge in [-0.05, 0) is 18.4 Å². The van der Waals surface area contributed by atoms with Crippen LogP contribution in [0.2, 0.25) is 0 Å². The van der Waals surface area contributed by atoms with Gasteiger partial charge in [-0.3, -0.25) is 4.99 Å². The lowest BCUT2D eigenvalue weighted by Crippen LogP contribution is -2.39. The molecular formula is C17H31IN4O. The quantitative estimate of drug-likeness (QED) is 0.354. The van der Waals surface area contributed by atoms with Crippen LogP contribution in [0.4, 0.5) is 0 Å². The van der Waals surface area contributed by atoms with Crippen molar-refractivity contribution < 1.29 is 4.74 Å². The molecule has 0 amide bonds. The molecule has 0 aliphatic heterocycles. The molecule has 132 valence electrons. The molecule has 1 unspecified atom stereocenters. The summed E-state index contributed by atoms with van der Waals surface area (Å²) >= 11 is 0. The summed E-state index contributed by atoms with van der Waals surface area (Å²) in [6.45, 7) is 6.07. The van der Waals surface area contributed by atoms with E-state index in [-0.39, 0.29) is 24.0 Å². The molecule has 0 fully saturated rings. The van der Waals surface area contributed by atoms with Gasteiger partial charge in [0, 0.05) is 19.7 Å². The molecule has 0 aliphatic rings. The van der Waals surface area contributed by atoms with Crippen molar-refractivity contribution in [2.24, 2.45) is 10.9 Å². The summed E-state index contributed by atoms with van der Waals surface area (Å²) in [6.07, 6.45) is 5.01. The Morgan fingerprint density at radius 2 is 2.09 bits per heavy atom. The summed E-state index contributed by atoms with van der Waals surface area (Å²) in [5.41, 5.74) is 0.931. The number of ether oxygens (including phenoxy) is 1. The first-order valence-corrected chi connectivity index (χ1v) is 8.17. The molecule has 0 saturated carbocycles. The van der Waals surface area contributed by atoms with E-state index in [4.69, 9.17) is 4.74 Å². The van der Waals surface area contributed by atoms with Crippen LogP contribution < -0.4 is 15.4 Å². The second kappa shape index (κ2) is 13.4. The number of nitrogens with zero attached hydrogens (tertiary/aromatic N) is 2. The van der Waals surface area contributed by atoms with Crippen molar-refractivity contribution in [1.29, 1.82) is 0 Å². The molecule has 23 heavy (non-hydrogen) atoms. The van der Waals surface area contributed by atoms with Gasteiger partial charge < -0.3 is 15.4 Å². The highest BCUT2D eigenvalue weighted by atomic mass is 127. The number of pyridine rings is 1. The van der Waals surface area contributed by atoms with E-state index >= 15 is 0 Å². The Balaban J connectivity index is 0.00000484. The predicted octanol–water partition coefficient (Wildman–Crippen LogP) is 3.59. The van der Waals surface area contributed by atoms with Crippen molar-refractivity contribution in [3.8, 4) is 5.88 Å². The molecule has 1 atom stereocenters. The number of unbranched alkanes of at least 4 members (excludes halogenated alkanes) is 1. The number of rotatable bonds is 9.